The third-order valence-electron chi connectivity index (χ3n) is 4.14. The molecule has 0 saturated heterocycles. The fourth-order valence-corrected chi connectivity index (χ4v) is 2.83. The van der Waals surface area contributed by atoms with Crippen LogP contribution in [0.25, 0.3) is 0 Å². The molecule has 25 heavy (non-hydrogen) atoms. The second-order valence-electron chi connectivity index (χ2n) is 5.79. The van der Waals surface area contributed by atoms with Crippen molar-refractivity contribution in [3.63, 3.8) is 0 Å². The van der Waals surface area contributed by atoms with Crippen LogP contribution in [0.4, 0.5) is 10.1 Å². The number of carbonyl (C=O) groups is 1. The number of halogens is 1. The molecule has 0 aliphatic carbocycles. The Kier molecular flexibility index (Phi) is 5.50. The van der Waals surface area contributed by atoms with Gasteiger partial charge in [-0.2, -0.15) is 0 Å². The Morgan fingerprint density at radius 2 is 2.04 bits per heavy atom. The first-order valence-corrected chi connectivity index (χ1v) is 8.25. The van der Waals surface area contributed by atoms with E-state index in [4.69, 9.17) is 9.47 Å². The van der Waals surface area contributed by atoms with Crippen molar-refractivity contribution in [1.29, 1.82) is 0 Å². The van der Waals surface area contributed by atoms with Crippen LogP contribution in [0.1, 0.15) is 17.5 Å². The van der Waals surface area contributed by atoms with Gasteiger partial charge in [0.1, 0.15) is 5.82 Å². The van der Waals surface area contributed by atoms with Crippen molar-refractivity contribution in [2.75, 3.05) is 25.6 Å². The Hall–Kier alpha value is -2.60. The van der Waals surface area contributed by atoms with Gasteiger partial charge in [-0.15, -0.1) is 0 Å². The molecule has 0 bridgehead atoms. The van der Waals surface area contributed by atoms with Gasteiger partial charge in [0, 0.05) is 6.54 Å². The van der Waals surface area contributed by atoms with E-state index in [1.165, 1.54) is 0 Å². The number of nitrogens with one attached hydrogen (secondary N) is 2. The largest absolute Gasteiger partial charge is 0.493 e. The number of carbonyl (C=O) groups excluding carboxylic acids is 1. The quantitative estimate of drug-likeness (QED) is 0.846. The number of anilines is 1. The third-order valence-corrected chi connectivity index (χ3v) is 4.14. The van der Waals surface area contributed by atoms with Crippen LogP contribution in [0.15, 0.2) is 36.4 Å². The topological polar surface area (TPSA) is 59.6 Å². The summed E-state index contributed by atoms with van der Waals surface area (Å²) in [6.45, 7) is 1.59. The average Bonchev–Trinajstić information content (AvgIpc) is 2.64. The first-order valence-electron chi connectivity index (χ1n) is 8.25. The maximum atomic E-state index is 14.5. The van der Waals surface area contributed by atoms with Crippen LogP contribution in [0.3, 0.4) is 0 Å². The molecular weight excluding hydrogens is 323 g/mol. The molecule has 1 aliphatic heterocycles. The van der Waals surface area contributed by atoms with E-state index in [-0.39, 0.29) is 30.4 Å². The van der Waals surface area contributed by atoms with Crippen LogP contribution >= 0.6 is 0 Å². The minimum atomic E-state index is -0.335. The van der Waals surface area contributed by atoms with Crippen molar-refractivity contribution in [1.82, 2.24) is 5.32 Å². The average molecular weight is 344 g/mol. The summed E-state index contributed by atoms with van der Waals surface area (Å²) in [7, 11) is 1.56. The van der Waals surface area contributed by atoms with Gasteiger partial charge in [0.2, 0.25) is 5.91 Å². The lowest BCUT2D eigenvalue weighted by molar-refractivity contribution is -0.116. The Labute approximate surface area is 146 Å². The van der Waals surface area contributed by atoms with Gasteiger partial charge < -0.3 is 20.1 Å². The van der Waals surface area contributed by atoms with Crippen molar-refractivity contribution in [3.8, 4) is 11.5 Å². The smallest absolute Gasteiger partial charge is 0.227 e. The molecule has 1 heterocycles. The zero-order valence-electron chi connectivity index (χ0n) is 14.1. The van der Waals surface area contributed by atoms with Crippen LogP contribution in [0.2, 0.25) is 0 Å². The minimum Gasteiger partial charge on any atom is -0.493 e. The summed E-state index contributed by atoms with van der Waals surface area (Å²) in [5.74, 6) is 0.559. The fraction of sp³-hybridized carbons (Fsp3) is 0.316. The number of ether oxygens (including phenoxy) is 2. The van der Waals surface area contributed by atoms with E-state index in [2.05, 4.69) is 10.6 Å². The summed E-state index contributed by atoms with van der Waals surface area (Å²) in [6, 6.07) is 10.7. The predicted molar refractivity (Wildman–Crippen MR) is 93.5 cm³/mol. The van der Waals surface area contributed by atoms with Crippen LogP contribution in [-0.2, 0) is 17.8 Å². The van der Waals surface area contributed by atoms with Gasteiger partial charge in [-0.3, -0.25) is 4.79 Å². The Balaban J connectivity index is 1.56. The number of benzene rings is 2. The summed E-state index contributed by atoms with van der Waals surface area (Å²) >= 11 is 0. The summed E-state index contributed by atoms with van der Waals surface area (Å²) in [4.78, 5) is 12.1. The Morgan fingerprint density at radius 3 is 2.84 bits per heavy atom. The SMILES string of the molecule is COc1ccccc1OCCC(=O)Nc1ccc2c(c1F)CCNC2. The lowest BCUT2D eigenvalue weighted by Crippen LogP contribution is -2.25. The molecule has 0 spiro atoms. The van der Waals surface area contributed by atoms with Crippen LogP contribution in [-0.4, -0.2) is 26.2 Å². The molecule has 0 aromatic heterocycles. The second kappa shape index (κ2) is 7.98. The first-order chi connectivity index (χ1) is 12.2. The zero-order chi connectivity index (χ0) is 17.6. The maximum absolute atomic E-state index is 14.5. The molecule has 1 aliphatic rings. The molecule has 0 atom stereocenters. The van der Waals surface area contributed by atoms with Gasteiger partial charge >= 0.3 is 0 Å². The highest BCUT2D eigenvalue weighted by atomic mass is 19.1. The maximum Gasteiger partial charge on any atom is 0.227 e. The monoisotopic (exact) mass is 344 g/mol. The Bertz CT molecular complexity index is 764. The number of amides is 1. The molecule has 0 fully saturated rings. The molecule has 132 valence electrons. The van der Waals surface area contributed by atoms with Gasteiger partial charge in [0.25, 0.3) is 0 Å². The molecular formula is C19H21FN2O3. The van der Waals surface area contributed by atoms with Crippen molar-refractivity contribution in [2.45, 2.75) is 19.4 Å². The van der Waals surface area contributed by atoms with E-state index in [9.17, 15) is 9.18 Å². The fourth-order valence-electron chi connectivity index (χ4n) is 2.83. The predicted octanol–water partition coefficient (Wildman–Crippen LogP) is 2.89. The van der Waals surface area contributed by atoms with Crippen molar-refractivity contribution < 1.29 is 18.7 Å². The number of para-hydroxylation sites is 2. The van der Waals surface area contributed by atoms with Crippen LogP contribution in [0, 0.1) is 5.82 Å². The molecule has 3 rings (SSSR count). The standard InChI is InChI=1S/C19H21FN2O3/c1-24-16-4-2-3-5-17(16)25-11-9-18(23)22-15-7-6-13-12-21-10-8-14(13)19(15)20/h2-7,21H,8-12H2,1H3,(H,22,23). The molecule has 2 aromatic rings. The van der Waals surface area contributed by atoms with E-state index < -0.39 is 0 Å². The Morgan fingerprint density at radius 1 is 1.24 bits per heavy atom. The summed E-state index contributed by atoms with van der Waals surface area (Å²) < 4.78 is 25.3. The van der Waals surface area contributed by atoms with E-state index in [1.807, 2.05) is 18.2 Å². The number of hydrogen-bond donors (Lipinski definition) is 2. The molecule has 0 unspecified atom stereocenters. The molecule has 1 amide bonds. The van der Waals surface area contributed by atoms with E-state index in [1.54, 1.807) is 25.3 Å². The van der Waals surface area contributed by atoms with Crippen molar-refractivity contribution in [3.05, 3.63) is 53.3 Å². The highest BCUT2D eigenvalue weighted by molar-refractivity contribution is 5.91. The van der Waals surface area contributed by atoms with Crippen molar-refractivity contribution >= 4 is 11.6 Å². The lowest BCUT2D eigenvalue weighted by Gasteiger charge is -2.19. The summed E-state index contributed by atoms with van der Waals surface area (Å²) in [5, 5.41) is 5.83. The zero-order valence-corrected chi connectivity index (χ0v) is 14.1. The molecule has 2 aromatic carbocycles. The number of fused-ring (bicyclic) bond motifs is 1. The van der Waals surface area contributed by atoms with Crippen LogP contribution < -0.4 is 20.1 Å². The number of rotatable bonds is 6. The molecule has 6 heteroatoms. The molecule has 0 saturated carbocycles. The molecule has 2 N–H and O–H groups in total. The second-order valence-corrected chi connectivity index (χ2v) is 5.79. The van der Waals surface area contributed by atoms with Gasteiger partial charge in [-0.1, -0.05) is 18.2 Å². The highest BCUT2D eigenvalue weighted by Crippen LogP contribution is 2.26. The van der Waals surface area contributed by atoms with Gasteiger partial charge in [-0.25, -0.2) is 4.39 Å². The molecule has 5 nitrogen and oxygen atoms in total. The highest BCUT2D eigenvalue weighted by Gasteiger charge is 2.17. The van der Waals surface area contributed by atoms with E-state index >= 15 is 0 Å². The van der Waals surface area contributed by atoms with Gasteiger partial charge in [-0.05, 0) is 42.3 Å². The summed E-state index contributed by atoms with van der Waals surface area (Å²) in [5.41, 5.74) is 1.85. The lowest BCUT2D eigenvalue weighted by atomic mass is 9.99. The van der Waals surface area contributed by atoms with Gasteiger partial charge in [0.05, 0.1) is 25.8 Å². The minimum absolute atomic E-state index is 0.121. The molecule has 0 radical (unpaired) electrons. The number of methoxy groups -OCH3 is 1. The normalized spacial score (nSPS) is 13.0. The third kappa shape index (κ3) is 4.09. The number of hydrogen-bond acceptors (Lipinski definition) is 4. The van der Waals surface area contributed by atoms with Crippen LogP contribution in [0.5, 0.6) is 11.5 Å². The summed E-state index contributed by atoms with van der Waals surface area (Å²) in [6.07, 6.45) is 0.748. The van der Waals surface area contributed by atoms with Gasteiger partial charge in [0.15, 0.2) is 11.5 Å². The first kappa shape index (κ1) is 17.2. The van der Waals surface area contributed by atoms with Crippen molar-refractivity contribution in [2.24, 2.45) is 0 Å². The van der Waals surface area contributed by atoms with E-state index in [0.29, 0.717) is 30.0 Å². The van der Waals surface area contributed by atoms with E-state index in [0.717, 1.165) is 12.1 Å².